The summed E-state index contributed by atoms with van der Waals surface area (Å²) in [7, 11) is 0. The number of anilines is 1. The molecule has 2 saturated carbocycles. The van der Waals surface area contributed by atoms with E-state index in [9.17, 15) is 10.2 Å². The standard InChI is InChI=1S/C19H17Cl3N4O2/c20-9-1-2-12(21)8(3-9)6-23-13-5-14(22)25-19-15(13)24-7-26(19)16-10-4-11(10)17(27)18(16)28/h1-3,5,7,10-11,16-18,27-28H,4,6H2,(H,23,25)/t10-,11+,16+,17+,18-/m0/s1. The van der Waals surface area contributed by atoms with Crippen molar-refractivity contribution in [1.29, 1.82) is 0 Å². The molecule has 3 N–H and O–H groups in total. The van der Waals surface area contributed by atoms with Gasteiger partial charge in [-0.05, 0) is 42.0 Å². The predicted octanol–water partition coefficient (Wildman–Crippen LogP) is 3.92. The minimum atomic E-state index is -0.830. The second-order valence-electron chi connectivity index (χ2n) is 7.44. The number of hydrogen-bond acceptors (Lipinski definition) is 5. The summed E-state index contributed by atoms with van der Waals surface area (Å²) < 4.78 is 1.84. The summed E-state index contributed by atoms with van der Waals surface area (Å²) in [5, 5.41) is 25.4. The molecule has 0 spiro atoms. The van der Waals surface area contributed by atoms with Crippen molar-refractivity contribution >= 4 is 51.7 Å². The maximum absolute atomic E-state index is 10.4. The predicted molar refractivity (Wildman–Crippen MR) is 109 cm³/mol. The molecule has 2 aliphatic rings. The molecule has 0 bridgehead atoms. The van der Waals surface area contributed by atoms with E-state index >= 15 is 0 Å². The van der Waals surface area contributed by atoms with Crippen molar-refractivity contribution in [3.05, 3.63) is 51.4 Å². The third kappa shape index (κ3) is 2.95. The Labute approximate surface area is 176 Å². The summed E-state index contributed by atoms with van der Waals surface area (Å²) in [5.41, 5.74) is 2.79. The molecule has 28 heavy (non-hydrogen) atoms. The van der Waals surface area contributed by atoms with Gasteiger partial charge < -0.3 is 20.1 Å². The van der Waals surface area contributed by atoms with Gasteiger partial charge >= 0.3 is 0 Å². The van der Waals surface area contributed by atoms with Crippen LogP contribution in [0.4, 0.5) is 5.69 Å². The molecule has 0 amide bonds. The first kappa shape index (κ1) is 18.5. The first-order valence-corrected chi connectivity index (χ1v) is 10.1. The Morgan fingerprint density at radius 2 is 1.93 bits per heavy atom. The average Bonchev–Trinajstić information content (AvgIpc) is 3.27. The van der Waals surface area contributed by atoms with E-state index < -0.39 is 12.2 Å². The molecule has 6 nitrogen and oxygen atoms in total. The van der Waals surface area contributed by atoms with Crippen molar-refractivity contribution in [2.45, 2.75) is 31.2 Å². The molecule has 1 aromatic carbocycles. The quantitative estimate of drug-likeness (QED) is 0.537. The van der Waals surface area contributed by atoms with E-state index in [0.29, 0.717) is 38.6 Å². The Balaban J connectivity index is 1.49. The Bertz CT molecular complexity index is 1070. The summed E-state index contributed by atoms with van der Waals surface area (Å²) in [6, 6.07) is 6.76. The van der Waals surface area contributed by atoms with E-state index in [4.69, 9.17) is 34.8 Å². The number of fused-ring (bicyclic) bond motifs is 2. The number of aliphatic hydroxyl groups excluding tert-OH is 2. The molecule has 146 valence electrons. The molecule has 2 fully saturated rings. The Morgan fingerprint density at radius 1 is 1.11 bits per heavy atom. The van der Waals surface area contributed by atoms with Crippen LogP contribution in [0.2, 0.25) is 15.2 Å². The van der Waals surface area contributed by atoms with Crippen LogP contribution in [-0.2, 0) is 6.54 Å². The van der Waals surface area contributed by atoms with Crippen molar-refractivity contribution in [3.8, 4) is 0 Å². The van der Waals surface area contributed by atoms with Crippen LogP contribution in [0.25, 0.3) is 11.2 Å². The lowest BCUT2D eigenvalue weighted by atomic mass is 10.1. The number of hydrogen-bond donors (Lipinski definition) is 3. The Kier molecular flexibility index (Phi) is 4.45. The third-order valence-corrected chi connectivity index (χ3v) is 6.56. The van der Waals surface area contributed by atoms with Gasteiger partial charge in [0.2, 0.25) is 0 Å². The fourth-order valence-corrected chi connectivity index (χ4v) is 4.87. The molecule has 2 heterocycles. The Morgan fingerprint density at radius 3 is 2.68 bits per heavy atom. The number of aromatic nitrogens is 3. The van der Waals surface area contributed by atoms with Crippen LogP contribution in [-0.4, -0.2) is 37.0 Å². The van der Waals surface area contributed by atoms with Gasteiger partial charge in [0.25, 0.3) is 0 Å². The minimum Gasteiger partial charge on any atom is -0.390 e. The smallest absolute Gasteiger partial charge is 0.164 e. The van der Waals surface area contributed by atoms with Crippen LogP contribution in [0, 0.1) is 11.8 Å². The molecule has 0 saturated heterocycles. The van der Waals surface area contributed by atoms with E-state index in [0.717, 1.165) is 12.0 Å². The molecule has 0 unspecified atom stereocenters. The van der Waals surface area contributed by atoms with Crippen molar-refractivity contribution in [2.75, 3.05) is 5.32 Å². The van der Waals surface area contributed by atoms with E-state index in [-0.39, 0.29) is 17.9 Å². The SMILES string of the molecule is O[C@@H]1[C@H](O)[C@@H]2C[C@@H]2[C@H]1n1cnc2c(NCc3cc(Cl)ccc3Cl)cc(Cl)nc21. The molecule has 9 heteroatoms. The lowest BCUT2D eigenvalue weighted by molar-refractivity contribution is 0.00386. The summed E-state index contributed by atoms with van der Waals surface area (Å²) >= 11 is 18.6. The lowest BCUT2D eigenvalue weighted by Crippen LogP contribution is -2.31. The molecule has 5 atom stereocenters. The average molecular weight is 440 g/mol. The lowest BCUT2D eigenvalue weighted by Gasteiger charge is -2.22. The monoisotopic (exact) mass is 438 g/mol. The normalized spacial score (nSPS) is 28.5. The maximum atomic E-state index is 10.4. The van der Waals surface area contributed by atoms with Crippen LogP contribution < -0.4 is 5.32 Å². The minimum absolute atomic E-state index is 0.152. The van der Waals surface area contributed by atoms with Gasteiger partial charge in [0, 0.05) is 22.7 Å². The highest BCUT2D eigenvalue weighted by molar-refractivity contribution is 6.33. The highest BCUT2D eigenvalue weighted by Gasteiger charge is 2.60. The fourth-order valence-electron chi connectivity index (χ4n) is 4.30. The van der Waals surface area contributed by atoms with Crippen LogP contribution in [0.15, 0.2) is 30.6 Å². The van der Waals surface area contributed by atoms with Gasteiger partial charge in [-0.15, -0.1) is 0 Å². The third-order valence-electron chi connectivity index (χ3n) is 5.77. The van der Waals surface area contributed by atoms with Crippen LogP contribution >= 0.6 is 34.8 Å². The first-order valence-electron chi connectivity index (χ1n) is 9.01. The largest absolute Gasteiger partial charge is 0.390 e. The molecular weight excluding hydrogens is 423 g/mol. The molecule has 2 aliphatic carbocycles. The molecule has 5 rings (SSSR count). The summed E-state index contributed by atoms with van der Waals surface area (Å²) in [6.07, 6.45) is 1.03. The number of halogens is 3. The van der Waals surface area contributed by atoms with Gasteiger partial charge in [-0.3, -0.25) is 0 Å². The zero-order valence-corrected chi connectivity index (χ0v) is 16.8. The summed E-state index contributed by atoms with van der Waals surface area (Å²) in [5.74, 6) is 0.393. The highest BCUT2D eigenvalue weighted by atomic mass is 35.5. The number of pyridine rings is 1. The molecule has 2 aromatic heterocycles. The van der Waals surface area contributed by atoms with Crippen LogP contribution in [0.1, 0.15) is 18.0 Å². The molecule has 3 aromatic rings. The molecule has 0 radical (unpaired) electrons. The van der Waals surface area contributed by atoms with Crippen LogP contribution in [0.3, 0.4) is 0 Å². The van der Waals surface area contributed by atoms with Gasteiger partial charge in [-0.2, -0.15) is 0 Å². The number of benzene rings is 1. The topological polar surface area (TPSA) is 83.2 Å². The number of nitrogens with one attached hydrogen (secondary N) is 1. The number of aliphatic hydroxyl groups is 2. The first-order chi connectivity index (χ1) is 13.4. The van der Waals surface area contributed by atoms with Gasteiger partial charge in [0.1, 0.15) is 16.8 Å². The van der Waals surface area contributed by atoms with Gasteiger partial charge in [0.15, 0.2) is 5.65 Å². The zero-order chi connectivity index (χ0) is 19.6. The van der Waals surface area contributed by atoms with Crippen molar-refractivity contribution < 1.29 is 10.2 Å². The maximum Gasteiger partial charge on any atom is 0.164 e. The summed E-state index contributed by atoms with van der Waals surface area (Å²) in [4.78, 5) is 8.92. The number of rotatable bonds is 4. The van der Waals surface area contributed by atoms with Gasteiger partial charge in [0.05, 0.1) is 24.2 Å². The van der Waals surface area contributed by atoms with Gasteiger partial charge in [-0.25, -0.2) is 9.97 Å². The molecule has 0 aliphatic heterocycles. The Hall–Kier alpha value is -1.57. The summed E-state index contributed by atoms with van der Waals surface area (Å²) in [6.45, 7) is 0.442. The van der Waals surface area contributed by atoms with E-state index in [2.05, 4.69) is 15.3 Å². The van der Waals surface area contributed by atoms with Crippen LogP contribution in [0.5, 0.6) is 0 Å². The zero-order valence-electron chi connectivity index (χ0n) is 14.6. The van der Waals surface area contributed by atoms with E-state index in [1.165, 1.54) is 0 Å². The van der Waals surface area contributed by atoms with E-state index in [1.54, 1.807) is 30.6 Å². The van der Waals surface area contributed by atoms with Crippen molar-refractivity contribution in [2.24, 2.45) is 11.8 Å². The fraction of sp³-hybridized carbons (Fsp3) is 0.368. The van der Waals surface area contributed by atoms with Gasteiger partial charge in [-0.1, -0.05) is 34.8 Å². The highest BCUT2D eigenvalue weighted by Crippen LogP contribution is 2.58. The van der Waals surface area contributed by atoms with Crippen molar-refractivity contribution in [3.63, 3.8) is 0 Å². The van der Waals surface area contributed by atoms with E-state index in [1.807, 2.05) is 4.57 Å². The molecular formula is C19H17Cl3N4O2. The second-order valence-corrected chi connectivity index (χ2v) is 8.67. The van der Waals surface area contributed by atoms with Crippen molar-refractivity contribution in [1.82, 2.24) is 14.5 Å². The number of imidazole rings is 1. The second kappa shape index (κ2) is 6.75. The number of nitrogens with zero attached hydrogens (tertiary/aromatic N) is 3.